The number of methoxy groups -OCH3 is 1. The van der Waals surface area contributed by atoms with Crippen LogP contribution in [0.2, 0.25) is 0 Å². The van der Waals surface area contributed by atoms with Crippen LogP contribution in [-0.4, -0.2) is 36.2 Å². The number of carboxylic acid groups (broad SMARTS) is 1. The molecule has 1 aromatic rings. The highest BCUT2D eigenvalue weighted by Gasteiger charge is 2.28. The first-order valence-electron chi connectivity index (χ1n) is 5.85. The van der Waals surface area contributed by atoms with E-state index >= 15 is 0 Å². The maximum Gasteiger partial charge on any atom is 0.303 e. The van der Waals surface area contributed by atoms with Crippen molar-refractivity contribution >= 4 is 21.9 Å². The Kier molecular flexibility index (Phi) is 4.24. The Morgan fingerprint density at radius 1 is 1.56 bits per heavy atom. The van der Waals surface area contributed by atoms with Gasteiger partial charge in [-0.2, -0.15) is 0 Å². The lowest BCUT2D eigenvalue weighted by molar-refractivity contribution is -0.139. The van der Waals surface area contributed by atoms with Gasteiger partial charge in [-0.05, 0) is 24.1 Å². The van der Waals surface area contributed by atoms with Crippen LogP contribution in [0.15, 0.2) is 22.7 Å². The predicted octanol–water partition coefficient (Wildman–Crippen LogP) is 2.36. The van der Waals surface area contributed by atoms with Crippen molar-refractivity contribution in [2.45, 2.75) is 13.0 Å². The van der Waals surface area contributed by atoms with Gasteiger partial charge in [-0.25, -0.2) is 0 Å². The molecule has 0 amide bonds. The summed E-state index contributed by atoms with van der Waals surface area (Å²) < 4.78 is 6.35. The van der Waals surface area contributed by atoms with Gasteiger partial charge in [-0.3, -0.25) is 9.69 Å². The first kappa shape index (κ1) is 13.4. The Morgan fingerprint density at radius 2 is 2.28 bits per heavy atom. The topological polar surface area (TPSA) is 49.8 Å². The van der Waals surface area contributed by atoms with Crippen molar-refractivity contribution in [3.63, 3.8) is 0 Å². The number of nitrogens with zero attached hydrogens (tertiary/aromatic N) is 1. The number of carboxylic acids is 1. The molecule has 1 N–H and O–H groups in total. The number of hydrogen-bond acceptors (Lipinski definition) is 3. The minimum Gasteiger partial charge on any atom is -0.496 e. The van der Waals surface area contributed by atoms with E-state index in [2.05, 4.69) is 20.8 Å². The van der Waals surface area contributed by atoms with Gasteiger partial charge in [0.2, 0.25) is 0 Å². The lowest BCUT2D eigenvalue weighted by atomic mass is 9.95. The lowest BCUT2D eigenvalue weighted by Gasteiger charge is -2.38. The summed E-state index contributed by atoms with van der Waals surface area (Å²) in [6.07, 6.45) is 0.270. The number of rotatable bonds is 5. The maximum absolute atomic E-state index is 10.6. The van der Waals surface area contributed by atoms with Crippen LogP contribution in [0.4, 0.5) is 0 Å². The molecule has 0 unspecified atom stereocenters. The molecule has 1 heterocycles. The third-order valence-corrected chi connectivity index (χ3v) is 3.63. The summed E-state index contributed by atoms with van der Waals surface area (Å²) in [6, 6.07) is 5.93. The molecule has 1 fully saturated rings. The molecule has 0 aliphatic carbocycles. The Bertz CT molecular complexity index is 444. The van der Waals surface area contributed by atoms with Crippen LogP contribution in [0.1, 0.15) is 12.0 Å². The molecule has 1 aliphatic rings. The molecule has 4 nitrogen and oxygen atoms in total. The summed E-state index contributed by atoms with van der Waals surface area (Å²) in [6.45, 7) is 2.50. The van der Waals surface area contributed by atoms with Gasteiger partial charge in [0.05, 0.1) is 13.5 Å². The fourth-order valence-corrected chi connectivity index (χ4v) is 2.70. The smallest absolute Gasteiger partial charge is 0.303 e. The molecule has 0 radical (unpaired) electrons. The van der Waals surface area contributed by atoms with Crippen molar-refractivity contribution in [1.29, 1.82) is 0 Å². The zero-order valence-corrected chi connectivity index (χ0v) is 11.8. The van der Waals surface area contributed by atoms with Crippen LogP contribution < -0.4 is 4.74 Å². The summed E-state index contributed by atoms with van der Waals surface area (Å²) in [5.74, 6) is 0.459. The Hall–Kier alpha value is -1.07. The van der Waals surface area contributed by atoms with Crippen LogP contribution in [-0.2, 0) is 11.3 Å². The molecule has 0 bridgehead atoms. The van der Waals surface area contributed by atoms with Gasteiger partial charge < -0.3 is 9.84 Å². The largest absolute Gasteiger partial charge is 0.496 e. The van der Waals surface area contributed by atoms with Crippen molar-refractivity contribution in [2.75, 3.05) is 20.2 Å². The highest BCUT2D eigenvalue weighted by atomic mass is 79.9. The van der Waals surface area contributed by atoms with E-state index in [9.17, 15) is 4.79 Å². The average Bonchev–Trinajstić information content (AvgIpc) is 2.26. The van der Waals surface area contributed by atoms with Crippen LogP contribution in [0.25, 0.3) is 0 Å². The monoisotopic (exact) mass is 313 g/mol. The minimum absolute atomic E-state index is 0.270. The third kappa shape index (κ3) is 3.23. The fourth-order valence-electron chi connectivity index (χ4n) is 2.29. The van der Waals surface area contributed by atoms with E-state index in [0.29, 0.717) is 5.92 Å². The van der Waals surface area contributed by atoms with Crippen molar-refractivity contribution in [3.8, 4) is 5.75 Å². The van der Waals surface area contributed by atoms with Crippen molar-refractivity contribution in [3.05, 3.63) is 28.2 Å². The van der Waals surface area contributed by atoms with Gasteiger partial charge in [0.25, 0.3) is 0 Å². The third-order valence-electron chi connectivity index (χ3n) is 3.13. The van der Waals surface area contributed by atoms with Gasteiger partial charge in [0, 0.05) is 29.7 Å². The summed E-state index contributed by atoms with van der Waals surface area (Å²) in [5, 5.41) is 8.70. The molecule has 0 spiro atoms. The maximum atomic E-state index is 10.6. The number of ether oxygens (including phenoxy) is 1. The molecule has 1 aromatic carbocycles. The zero-order chi connectivity index (χ0) is 13.1. The molecule has 1 saturated heterocycles. The summed E-state index contributed by atoms with van der Waals surface area (Å²) >= 11 is 3.45. The van der Waals surface area contributed by atoms with E-state index in [1.807, 2.05) is 18.2 Å². The number of carbonyl (C=O) groups is 1. The molecule has 98 valence electrons. The normalized spacial score (nSPS) is 16.3. The second kappa shape index (κ2) is 5.71. The summed E-state index contributed by atoms with van der Waals surface area (Å²) in [4.78, 5) is 12.8. The Morgan fingerprint density at radius 3 is 2.89 bits per heavy atom. The van der Waals surface area contributed by atoms with E-state index < -0.39 is 5.97 Å². The van der Waals surface area contributed by atoms with Crippen molar-refractivity contribution in [1.82, 2.24) is 4.90 Å². The van der Waals surface area contributed by atoms with Crippen molar-refractivity contribution < 1.29 is 14.6 Å². The molecule has 0 atom stereocenters. The molecule has 2 rings (SSSR count). The first-order valence-corrected chi connectivity index (χ1v) is 6.64. The fraction of sp³-hybridized carbons (Fsp3) is 0.462. The lowest BCUT2D eigenvalue weighted by Crippen LogP contribution is -2.46. The number of hydrogen-bond donors (Lipinski definition) is 1. The molecular formula is C13H16BrNO3. The van der Waals surface area contributed by atoms with E-state index in [4.69, 9.17) is 9.84 Å². The number of likely N-dealkylation sites (tertiary alicyclic amines) is 1. The summed E-state index contributed by atoms with van der Waals surface area (Å²) in [7, 11) is 1.66. The van der Waals surface area contributed by atoms with Crippen LogP contribution in [0, 0.1) is 5.92 Å². The number of aliphatic carboxylic acids is 1. The average molecular weight is 314 g/mol. The van der Waals surface area contributed by atoms with Crippen molar-refractivity contribution in [2.24, 2.45) is 5.92 Å². The van der Waals surface area contributed by atoms with E-state index in [0.717, 1.165) is 35.4 Å². The van der Waals surface area contributed by atoms with Gasteiger partial charge in [-0.15, -0.1) is 0 Å². The zero-order valence-electron chi connectivity index (χ0n) is 10.2. The second-order valence-corrected chi connectivity index (χ2v) is 5.53. The molecule has 18 heavy (non-hydrogen) atoms. The molecule has 5 heteroatoms. The van der Waals surface area contributed by atoms with Gasteiger partial charge in [0.1, 0.15) is 5.75 Å². The van der Waals surface area contributed by atoms with Crippen LogP contribution in [0.5, 0.6) is 5.75 Å². The first-order chi connectivity index (χ1) is 8.58. The highest BCUT2D eigenvalue weighted by Crippen LogP contribution is 2.28. The standard InChI is InChI=1S/C13H16BrNO3/c1-18-12-3-2-11(14)5-10(12)8-15-6-9(7-15)4-13(16)17/h2-3,5,9H,4,6-8H2,1H3,(H,16,17). The SMILES string of the molecule is COc1ccc(Br)cc1CN1CC(CC(=O)O)C1. The van der Waals surface area contributed by atoms with Gasteiger partial charge >= 0.3 is 5.97 Å². The van der Waals surface area contributed by atoms with Crippen LogP contribution >= 0.6 is 15.9 Å². The Labute approximate surface area is 115 Å². The highest BCUT2D eigenvalue weighted by molar-refractivity contribution is 9.10. The van der Waals surface area contributed by atoms with E-state index in [1.54, 1.807) is 7.11 Å². The predicted molar refractivity (Wildman–Crippen MR) is 71.7 cm³/mol. The molecule has 0 saturated carbocycles. The minimum atomic E-state index is -0.709. The van der Waals surface area contributed by atoms with Gasteiger partial charge in [-0.1, -0.05) is 15.9 Å². The quantitative estimate of drug-likeness (QED) is 0.906. The molecule has 0 aromatic heterocycles. The van der Waals surface area contributed by atoms with E-state index in [1.165, 1.54) is 0 Å². The Balaban J connectivity index is 1.91. The second-order valence-electron chi connectivity index (χ2n) is 4.61. The van der Waals surface area contributed by atoms with Gasteiger partial charge in [0.15, 0.2) is 0 Å². The summed E-state index contributed by atoms with van der Waals surface area (Å²) in [5.41, 5.74) is 1.13. The van der Waals surface area contributed by atoms with Crippen LogP contribution in [0.3, 0.4) is 0 Å². The molecular weight excluding hydrogens is 298 g/mol. The number of benzene rings is 1. The molecule has 1 aliphatic heterocycles. The van der Waals surface area contributed by atoms with E-state index in [-0.39, 0.29) is 6.42 Å². The number of halogens is 1.